The first-order valence-corrected chi connectivity index (χ1v) is 15.9. The van der Waals surface area contributed by atoms with Gasteiger partial charge >= 0.3 is 17.6 Å². The number of phenols is 1. The van der Waals surface area contributed by atoms with Crippen molar-refractivity contribution in [3.63, 3.8) is 0 Å². The van der Waals surface area contributed by atoms with Crippen molar-refractivity contribution < 1.29 is 49.0 Å². The molecule has 1 aliphatic heterocycles. The van der Waals surface area contributed by atoms with Gasteiger partial charge in [0.1, 0.15) is 35.4 Å². The Morgan fingerprint density at radius 2 is 1.57 bits per heavy atom. The molecule has 14 nitrogen and oxygen atoms in total. The molecule has 46 heavy (non-hydrogen) atoms. The molecule has 5 N–H and O–H groups in total. The van der Waals surface area contributed by atoms with E-state index in [2.05, 4.69) is 10.3 Å². The van der Waals surface area contributed by atoms with Crippen LogP contribution in [-0.2, 0) is 23.8 Å². The van der Waals surface area contributed by atoms with Crippen molar-refractivity contribution in [1.29, 1.82) is 0 Å². The molecule has 2 unspecified atom stereocenters. The van der Waals surface area contributed by atoms with Gasteiger partial charge in [0.15, 0.2) is 6.23 Å². The quantitative estimate of drug-likeness (QED) is 0.139. The average Bonchev–Trinajstić information content (AvgIpc) is 3.34. The number of hydrogen-bond donors (Lipinski definition) is 5. The van der Waals surface area contributed by atoms with Crippen LogP contribution in [0.15, 0.2) is 41.3 Å². The summed E-state index contributed by atoms with van der Waals surface area (Å²) in [6.07, 6.45) is 3.72. The van der Waals surface area contributed by atoms with Crippen LogP contribution in [0.5, 0.6) is 5.75 Å². The summed E-state index contributed by atoms with van der Waals surface area (Å²) in [7, 11) is 0. The van der Waals surface area contributed by atoms with Gasteiger partial charge in [0.25, 0.3) is 0 Å². The zero-order chi connectivity index (χ0) is 33.1. The number of ether oxygens (including phenoxy) is 3. The minimum Gasteiger partial charge on any atom is -0.507 e. The lowest BCUT2D eigenvalue weighted by Gasteiger charge is -2.28. The zero-order valence-electron chi connectivity index (χ0n) is 25.7. The number of aliphatic hydroxyl groups excluding tert-OH is 3. The number of hydrogen-bond acceptors (Lipinski definition) is 12. The van der Waals surface area contributed by atoms with Crippen LogP contribution in [0.1, 0.15) is 80.8 Å². The number of nitrogens with zero attached hydrogens (tertiary/aromatic N) is 2. The van der Waals surface area contributed by atoms with Gasteiger partial charge in [0, 0.05) is 6.20 Å². The summed E-state index contributed by atoms with van der Waals surface area (Å²) in [4.78, 5) is 54.5. The summed E-state index contributed by atoms with van der Waals surface area (Å²) < 4.78 is 17.1. The van der Waals surface area contributed by atoms with Crippen molar-refractivity contribution in [3.8, 4) is 5.75 Å². The lowest BCUT2D eigenvalue weighted by atomic mass is 9.78. The van der Waals surface area contributed by atoms with E-state index >= 15 is 0 Å². The van der Waals surface area contributed by atoms with Gasteiger partial charge in [-0.05, 0) is 43.9 Å². The number of aromatic nitrogens is 2. The third kappa shape index (κ3) is 9.12. The number of rotatable bonds is 15. The maximum atomic E-state index is 13.1. The van der Waals surface area contributed by atoms with E-state index in [1.807, 2.05) is 0 Å². The predicted molar refractivity (Wildman–Crippen MR) is 163 cm³/mol. The average molecular weight is 646 g/mol. The van der Waals surface area contributed by atoms with Crippen LogP contribution < -0.4 is 11.0 Å². The van der Waals surface area contributed by atoms with Crippen LogP contribution in [-0.4, -0.2) is 86.0 Å². The minimum absolute atomic E-state index is 0.0238. The number of carbonyl (C=O) groups is 3. The molecule has 1 aromatic carbocycles. The fourth-order valence-corrected chi connectivity index (χ4v) is 5.81. The first kappa shape index (κ1) is 35.0. The number of nitrogens with one attached hydrogen (secondary N) is 1. The zero-order valence-corrected chi connectivity index (χ0v) is 25.7. The molecule has 2 heterocycles. The number of phenolic OH excluding ortho intramolecular Hbond substituents is 1. The van der Waals surface area contributed by atoms with Crippen LogP contribution in [0.2, 0.25) is 0 Å². The van der Waals surface area contributed by atoms with Crippen LogP contribution in [0.3, 0.4) is 0 Å². The van der Waals surface area contributed by atoms with Gasteiger partial charge < -0.3 is 40.0 Å². The molecule has 0 spiro atoms. The smallest absolute Gasteiger partial charge is 0.351 e. The molecule has 0 bridgehead atoms. The lowest BCUT2D eigenvalue weighted by Crippen LogP contribution is -2.38. The first-order valence-electron chi connectivity index (χ1n) is 15.9. The summed E-state index contributed by atoms with van der Waals surface area (Å²) in [6, 6.07) is 7.60. The Morgan fingerprint density at radius 1 is 0.913 bits per heavy atom. The molecule has 4 rings (SSSR count). The van der Waals surface area contributed by atoms with Crippen molar-refractivity contribution in [2.75, 3.05) is 25.1 Å². The lowest BCUT2D eigenvalue weighted by molar-refractivity contribution is -0.154. The summed E-state index contributed by atoms with van der Waals surface area (Å²) in [5, 5.41) is 41.8. The van der Waals surface area contributed by atoms with Crippen molar-refractivity contribution in [3.05, 3.63) is 52.6 Å². The van der Waals surface area contributed by atoms with Gasteiger partial charge in [-0.25, -0.2) is 9.59 Å². The normalized spacial score (nSPS) is 24.3. The second kappa shape index (κ2) is 17.2. The van der Waals surface area contributed by atoms with Gasteiger partial charge in [-0.3, -0.25) is 14.2 Å². The van der Waals surface area contributed by atoms with E-state index in [0.29, 0.717) is 25.7 Å². The highest BCUT2D eigenvalue weighted by Gasteiger charge is 2.44. The van der Waals surface area contributed by atoms with E-state index in [0.717, 1.165) is 43.1 Å². The van der Waals surface area contributed by atoms with Crippen LogP contribution in [0, 0.1) is 11.8 Å². The van der Waals surface area contributed by atoms with E-state index in [1.165, 1.54) is 24.4 Å². The second-order valence-corrected chi connectivity index (χ2v) is 11.7. The molecule has 6 atom stereocenters. The first-order chi connectivity index (χ1) is 22.2. The molecule has 2 fully saturated rings. The topological polar surface area (TPSA) is 207 Å². The fourth-order valence-electron chi connectivity index (χ4n) is 5.81. The van der Waals surface area contributed by atoms with Crippen molar-refractivity contribution in [1.82, 2.24) is 9.55 Å². The Bertz CT molecular complexity index is 1380. The van der Waals surface area contributed by atoms with Crippen LogP contribution >= 0.6 is 0 Å². The highest BCUT2D eigenvalue weighted by Crippen LogP contribution is 2.32. The number of para-hydroxylation sites is 1. The van der Waals surface area contributed by atoms with Gasteiger partial charge in [0.05, 0.1) is 31.7 Å². The number of amides is 1. The SMILES string of the molecule is O=C(OCCCCCCCCOC(=O)C1CCCCC1C(=O)Nc1ccn([C@@H]2O[C@H](CO)[C@@H](O)[C@@H]2O)c(=O)n1)c1ccccc1O. The molecular formula is C32H43N3O11. The standard InChI is InChI=1S/C32H43N3O11/c36-19-24-26(38)27(39)29(46-24)35-16-15-25(34-32(35)43)33-28(40)20-11-5-6-12-21(20)30(41)44-17-9-3-1-2-4-10-18-45-31(42)22-13-7-8-14-23(22)37/h7-8,13-16,20-21,24,26-27,29,36-39H,1-6,9-12,17-19H2,(H,33,34,40,43)/t20?,21?,24-,26-,27+,29-/m1/s1. The molecule has 0 radical (unpaired) electrons. The van der Waals surface area contributed by atoms with Gasteiger partial charge in [-0.1, -0.05) is 50.7 Å². The third-order valence-electron chi connectivity index (χ3n) is 8.42. The molecule has 1 aromatic heterocycles. The van der Waals surface area contributed by atoms with Gasteiger partial charge in [0.2, 0.25) is 5.91 Å². The number of carbonyl (C=O) groups excluding carboxylic acids is 3. The molecule has 2 aliphatic rings. The number of unbranched alkanes of at least 4 members (excludes halogenated alkanes) is 5. The summed E-state index contributed by atoms with van der Waals surface area (Å²) in [5.41, 5.74) is -0.685. The van der Waals surface area contributed by atoms with E-state index < -0.39 is 66.5 Å². The highest BCUT2D eigenvalue weighted by atomic mass is 16.6. The van der Waals surface area contributed by atoms with E-state index in [-0.39, 0.29) is 30.3 Å². The van der Waals surface area contributed by atoms with E-state index in [1.54, 1.807) is 12.1 Å². The molecule has 2 aromatic rings. The summed E-state index contributed by atoms with van der Waals surface area (Å²) >= 11 is 0. The largest absolute Gasteiger partial charge is 0.507 e. The molecule has 1 aliphatic carbocycles. The Balaban J connectivity index is 1.14. The number of aromatic hydroxyl groups is 1. The van der Waals surface area contributed by atoms with Crippen LogP contribution in [0.25, 0.3) is 0 Å². The maximum Gasteiger partial charge on any atom is 0.351 e. The second-order valence-electron chi connectivity index (χ2n) is 11.7. The Kier molecular flexibility index (Phi) is 13.1. The van der Waals surface area contributed by atoms with Crippen LogP contribution in [0.4, 0.5) is 5.82 Å². The van der Waals surface area contributed by atoms with Gasteiger partial charge in [-0.15, -0.1) is 0 Å². The molecular weight excluding hydrogens is 602 g/mol. The van der Waals surface area contributed by atoms with Crippen molar-refractivity contribution in [2.24, 2.45) is 11.8 Å². The molecule has 1 amide bonds. The van der Waals surface area contributed by atoms with Crippen molar-refractivity contribution in [2.45, 2.75) is 88.7 Å². The molecule has 1 saturated carbocycles. The Labute approximate surface area is 266 Å². The Hall–Kier alpha value is -3.85. The number of aliphatic hydroxyl groups is 3. The predicted octanol–water partition coefficient (Wildman–Crippen LogP) is 2.05. The molecule has 14 heteroatoms. The Morgan fingerprint density at radius 3 is 2.22 bits per heavy atom. The fraction of sp³-hybridized carbons (Fsp3) is 0.594. The van der Waals surface area contributed by atoms with E-state index in [9.17, 15) is 39.6 Å². The molecule has 252 valence electrons. The highest BCUT2D eigenvalue weighted by molar-refractivity contribution is 5.94. The monoisotopic (exact) mass is 645 g/mol. The number of anilines is 1. The molecule has 1 saturated heterocycles. The van der Waals surface area contributed by atoms with E-state index in [4.69, 9.17) is 14.2 Å². The van der Waals surface area contributed by atoms with Gasteiger partial charge in [-0.2, -0.15) is 4.98 Å². The van der Waals surface area contributed by atoms with Crippen molar-refractivity contribution >= 4 is 23.7 Å². The summed E-state index contributed by atoms with van der Waals surface area (Å²) in [6.45, 7) is -0.0141. The number of benzene rings is 1. The third-order valence-corrected chi connectivity index (χ3v) is 8.42. The number of esters is 2. The summed E-state index contributed by atoms with van der Waals surface area (Å²) in [5.74, 6) is -2.77. The minimum atomic E-state index is -1.45. The maximum absolute atomic E-state index is 13.1.